The van der Waals surface area contributed by atoms with Crippen LogP contribution < -0.4 is 15.0 Å². The topological polar surface area (TPSA) is 58.6 Å². The number of halogens is 1. The quantitative estimate of drug-likeness (QED) is 0.860. The van der Waals surface area contributed by atoms with E-state index in [1.54, 1.807) is 30.3 Å². The van der Waals surface area contributed by atoms with Crippen molar-refractivity contribution in [3.63, 3.8) is 0 Å². The summed E-state index contributed by atoms with van der Waals surface area (Å²) in [5, 5.41) is 3.12. The summed E-state index contributed by atoms with van der Waals surface area (Å²) in [7, 11) is 1.54. The van der Waals surface area contributed by atoms with Gasteiger partial charge in [-0.05, 0) is 29.8 Å². The molecule has 6 heteroatoms. The van der Waals surface area contributed by atoms with Crippen LogP contribution in [0.2, 0.25) is 5.02 Å². The minimum atomic E-state index is -0.752. The summed E-state index contributed by atoms with van der Waals surface area (Å²) in [4.78, 5) is 26.2. The fraction of sp³-hybridized carbons (Fsp3) is 0.158. The number of carbonyl (C=O) groups is 2. The van der Waals surface area contributed by atoms with Gasteiger partial charge in [0.05, 0.1) is 12.2 Å². The fourth-order valence-electron chi connectivity index (χ4n) is 2.60. The molecule has 0 saturated carbocycles. The molecule has 2 amide bonds. The summed E-state index contributed by atoms with van der Waals surface area (Å²) in [6.45, 7) is 0.141. The van der Waals surface area contributed by atoms with Crippen LogP contribution in [0.5, 0.6) is 5.75 Å². The molecule has 1 heterocycles. The number of hydrogen-bond acceptors (Lipinski definition) is 3. The van der Waals surface area contributed by atoms with Crippen molar-refractivity contribution in [2.45, 2.75) is 6.10 Å². The van der Waals surface area contributed by atoms with E-state index in [4.69, 9.17) is 16.3 Å². The highest BCUT2D eigenvalue weighted by atomic mass is 35.5. The van der Waals surface area contributed by atoms with Crippen LogP contribution in [0.15, 0.2) is 54.6 Å². The molecule has 0 saturated heterocycles. The Bertz CT molecular complexity index is 835. The van der Waals surface area contributed by atoms with Crippen molar-refractivity contribution in [1.29, 1.82) is 0 Å². The molecule has 3 rings (SSSR count). The highest BCUT2D eigenvalue weighted by Crippen LogP contribution is 2.33. The van der Waals surface area contributed by atoms with E-state index in [0.29, 0.717) is 16.5 Å². The van der Waals surface area contributed by atoms with Gasteiger partial charge in [-0.25, -0.2) is 0 Å². The van der Waals surface area contributed by atoms with E-state index in [1.165, 1.54) is 18.0 Å². The average Bonchev–Trinajstić information content (AvgIpc) is 2.65. The second-order valence-electron chi connectivity index (χ2n) is 5.49. The molecule has 1 aliphatic heterocycles. The Balaban J connectivity index is 1.88. The number of likely N-dealkylation sites (N-methyl/N-ethyl adjacent to an activating group) is 1. The standard InChI is InChI=1S/C19H17ClN2O3/c1-21-19(24)17-12-22(15-8-4-5-9-16(15)25-17)18(23)11-10-13-6-2-3-7-14(13)20/h2-11,17H,12H2,1H3,(H,21,24)/b11-10+/t17-/m1/s1. The molecule has 2 aromatic rings. The molecule has 128 valence electrons. The molecule has 5 nitrogen and oxygen atoms in total. The molecular weight excluding hydrogens is 340 g/mol. The maximum atomic E-state index is 12.7. The van der Waals surface area contributed by atoms with Gasteiger partial charge in [-0.1, -0.05) is 41.9 Å². The Morgan fingerprint density at radius 2 is 1.92 bits per heavy atom. The number of fused-ring (bicyclic) bond motifs is 1. The molecule has 0 aliphatic carbocycles. The SMILES string of the molecule is CNC(=O)[C@H]1CN(C(=O)/C=C/c2ccccc2Cl)c2ccccc2O1. The molecule has 0 radical (unpaired) electrons. The smallest absolute Gasteiger partial charge is 0.262 e. The average molecular weight is 357 g/mol. The maximum Gasteiger partial charge on any atom is 0.262 e. The third kappa shape index (κ3) is 3.67. The molecule has 1 N–H and O–H groups in total. The molecule has 0 aromatic heterocycles. The molecule has 0 fully saturated rings. The number of nitrogens with one attached hydrogen (secondary N) is 1. The molecule has 1 aliphatic rings. The number of benzene rings is 2. The van der Waals surface area contributed by atoms with Crippen molar-refractivity contribution in [2.75, 3.05) is 18.5 Å². The van der Waals surface area contributed by atoms with Gasteiger partial charge in [0, 0.05) is 18.1 Å². The summed E-state index contributed by atoms with van der Waals surface area (Å²) in [6.07, 6.45) is 2.36. The molecule has 0 bridgehead atoms. The third-order valence-corrected chi connectivity index (χ3v) is 4.23. The van der Waals surface area contributed by atoms with Crippen molar-refractivity contribution in [2.24, 2.45) is 0 Å². The molecule has 0 spiro atoms. The Morgan fingerprint density at radius 3 is 2.68 bits per heavy atom. The molecule has 1 atom stereocenters. The number of para-hydroxylation sites is 2. The van der Waals surface area contributed by atoms with Crippen molar-refractivity contribution in [3.05, 3.63) is 65.2 Å². The number of ether oxygens (including phenoxy) is 1. The predicted octanol–water partition coefficient (Wildman–Crippen LogP) is 2.89. The van der Waals surface area contributed by atoms with Crippen molar-refractivity contribution in [1.82, 2.24) is 5.32 Å². The van der Waals surface area contributed by atoms with Crippen LogP contribution in [0, 0.1) is 0 Å². The second-order valence-corrected chi connectivity index (χ2v) is 5.90. The first-order chi connectivity index (χ1) is 12.1. The van der Waals surface area contributed by atoms with Crippen LogP contribution in [0.25, 0.3) is 6.08 Å². The van der Waals surface area contributed by atoms with Gasteiger partial charge in [0.15, 0.2) is 6.10 Å². The highest BCUT2D eigenvalue weighted by Gasteiger charge is 2.32. The summed E-state index contributed by atoms with van der Waals surface area (Å²) in [5.74, 6) is -0.0196. The van der Waals surface area contributed by atoms with E-state index in [0.717, 1.165) is 5.56 Å². The van der Waals surface area contributed by atoms with Crippen LogP contribution >= 0.6 is 11.6 Å². The Hall–Kier alpha value is -2.79. The molecular formula is C19H17ClN2O3. The first kappa shape index (κ1) is 17.0. The first-order valence-electron chi connectivity index (χ1n) is 7.81. The lowest BCUT2D eigenvalue weighted by atomic mass is 10.1. The summed E-state index contributed by atoms with van der Waals surface area (Å²) in [6, 6.07) is 14.4. The number of anilines is 1. The number of rotatable bonds is 3. The normalized spacial score (nSPS) is 16.2. The number of carbonyl (C=O) groups excluding carboxylic acids is 2. The summed E-state index contributed by atoms with van der Waals surface area (Å²) >= 11 is 6.11. The minimum Gasteiger partial charge on any atom is -0.477 e. The van der Waals surface area contributed by atoms with Gasteiger partial charge >= 0.3 is 0 Å². The van der Waals surface area contributed by atoms with E-state index in [-0.39, 0.29) is 18.4 Å². The van der Waals surface area contributed by atoms with Gasteiger partial charge in [-0.3, -0.25) is 9.59 Å². The van der Waals surface area contributed by atoms with Crippen molar-refractivity contribution < 1.29 is 14.3 Å². The lowest BCUT2D eigenvalue weighted by Crippen LogP contribution is -2.49. The van der Waals surface area contributed by atoms with Crippen LogP contribution in [0.3, 0.4) is 0 Å². The van der Waals surface area contributed by atoms with E-state index < -0.39 is 6.10 Å². The van der Waals surface area contributed by atoms with Crippen LogP contribution in [-0.4, -0.2) is 31.5 Å². The number of amides is 2. The Labute approximate surface area is 150 Å². The third-order valence-electron chi connectivity index (χ3n) is 3.89. The fourth-order valence-corrected chi connectivity index (χ4v) is 2.80. The highest BCUT2D eigenvalue weighted by molar-refractivity contribution is 6.32. The van der Waals surface area contributed by atoms with Gasteiger partial charge in [-0.2, -0.15) is 0 Å². The largest absolute Gasteiger partial charge is 0.477 e. The zero-order valence-corrected chi connectivity index (χ0v) is 14.4. The monoisotopic (exact) mass is 356 g/mol. The molecule has 25 heavy (non-hydrogen) atoms. The summed E-state index contributed by atoms with van der Waals surface area (Å²) in [5.41, 5.74) is 1.39. The van der Waals surface area contributed by atoms with Crippen LogP contribution in [-0.2, 0) is 9.59 Å². The van der Waals surface area contributed by atoms with E-state index in [1.807, 2.05) is 24.3 Å². The van der Waals surface area contributed by atoms with Crippen molar-refractivity contribution >= 4 is 35.2 Å². The maximum absolute atomic E-state index is 12.7. The number of hydrogen-bond donors (Lipinski definition) is 1. The summed E-state index contributed by atoms with van der Waals surface area (Å²) < 4.78 is 5.70. The Morgan fingerprint density at radius 1 is 1.20 bits per heavy atom. The van der Waals surface area contributed by atoms with E-state index in [9.17, 15) is 9.59 Å². The van der Waals surface area contributed by atoms with Gasteiger partial charge < -0.3 is 15.0 Å². The second kappa shape index (κ2) is 7.40. The first-order valence-corrected chi connectivity index (χ1v) is 8.19. The molecule has 0 unspecified atom stereocenters. The van der Waals surface area contributed by atoms with Crippen molar-refractivity contribution in [3.8, 4) is 5.75 Å². The van der Waals surface area contributed by atoms with Crippen LogP contribution in [0.1, 0.15) is 5.56 Å². The zero-order chi connectivity index (χ0) is 17.8. The van der Waals surface area contributed by atoms with E-state index in [2.05, 4.69) is 5.32 Å². The predicted molar refractivity (Wildman–Crippen MR) is 97.8 cm³/mol. The lowest BCUT2D eigenvalue weighted by molar-refractivity contribution is -0.127. The lowest BCUT2D eigenvalue weighted by Gasteiger charge is -2.33. The minimum absolute atomic E-state index is 0.141. The molecule has 2 aromatic carbocycles. The van der Waals surface area contributed by atoms with E-state index >= 15 is 0 Å². The van der Waals surface area contributed by atoms with Crippen LogP contribution in [0.4, 0.5) is 5.69 Å². The van der Waals surface area contributed by atoms with Gasteiger partial charge in [0.1, 0.15) is 5.75 Å². The van der Waals surface area contributed by atoms with Gasteiger partial charge in [-0.15, -0.1) is 0 Å². The zero-order valence-electron chi connectivity index (χ0n) is 13.6. The van der Waals surface area contributed by atoms with Gasteiger partial charge in [0.2, 0.25) is 0 Å². The Kier molecular flexibility index (Phi) is 5.05. The van der Waals surface area contributed by atoms with Gasteiger partial charge in [0.25, 0.3) is 11.8 Å². The number of nitrogens with zero attached hydrogens (tertiary/aromatic N) is 1.